The molecule has 6 N–H and O–H groups in total. The molecule has 3 aromatic rings. The summed E-state index contributed by atoms with van der Waals surface area (Å²) >= 11 is 7.46. The van der Waals surface area contributed by atoms with Gasteiger partial charge in [0.25, 0.3) is 0 Å². The maximum Gasteiger partial charge on any atom is 0.223 e. The van der Waals surface area contributed by atoms with Crippen molar-refractivity contribution in [2.24, 2.45) is 5.92 Å². The molecule has 0 fully saturated rings. The van der Waals surface area contributed by atoms with Crippen LogP contribution in [-0.4, -0.2) is 49.7 Å². The van der Waals surface area contributed by atoms with Crippen LogP contribution in [0.1, 0.15) is 12.8 Å². The molecule has 1 unspecified atom stereocenters. The second-order valence-electron chi connectivity index (χ2n) is 6.20. The minimum Gasteiger partial charge on any atom is -0.396 e. The highest BCUT2D eigenvalue weighted by Gasteiger charge is 2.20. The Hall–Kier alpha value is -2.11. The summed E-state index contributed by atoms with van der Waals surface area (Å²) in [4.78, 5) is 12.5. The third-order valence-corrected chi connectivity index (χ3v) is 5.42. The van der Waals surface area contributed by atoms with Gasteiger partial charge in [-0.1, -0.05) is 11.6 Å². The first-order valence-corrected chi connectivity index (χ1v) is 9.66. The van der Waals surface area contributed by atoms with Crippen molar-refractivity contribution in [3.63, 3.8) is 0 Å². The number of anilines is 2. The van der Waals surface area contributed by atoms with E-state index in [1.54, 1.807) is 6.07 Å². The lowest BCUT2D eigenvalue weighted by Gasteiger charge is -2.18. The molecule has 0 saturated carbocycles. The Labute approximate surface area is 168 Å². The molecule has 28 heavy (non-hydrogen) atoms. The number of nitrogens with one attached hydrogen (secondary N) is 1. The van der Waals surface area contributed by atoms with E-state index in [2.05, 4.69) is 20.3 Å². The van der Waals surface area contributed by atoms with Crippen molar-refractivity contribution in [2.45, 2.75) is 19.1 Å². The van der Waals surface area contributed by atoms with Gasteiger partial charge in [-0.05, 0) is 31.0 Å². The smallest absolute Gasteiger partial charge is 0.223 e. The molecular formula is C17H19ClFN5O3S. The zero-order valence-electron chi connectivity index (χ0n) is 14.6. The molecule has 2 aromatic heterocycles. The normalized spacial score (nSPS) is 12.6. The van der Waals surface area contributed by atoms with Gasteiger partial charge in [0.05, 0.1) is 15.8 Å². The van der Waals surface area contributed by atoms with E-state index in [0.29, 0.717) is 27.2 Å². The number of halogens is 2. The highest BCUT2D eigenvalue weighted by molar-refractivity contribution is 7.21. The fourth-order valence-electron chi connectivity index (χ4n) is 2.61. The van der Waals surface area contributed by atoms with Gasteiger partial charge in [-0.15, -0.1) is 11.3 Å². The van der Waals surface area contributed by atoms with Crippen molar-refractivity contribution in [3.05, 3.63) is 29.2 Å². The van der Waals surface area contributed by atoms with E-state index in [-0.39, 0.29) is 48.3 Å². The fourth-order valence-corrected chi connectivity index (χ4v) is 3.97. The van der Waals surface area contributed by atoms with Gasteiger partial charge < -0.3 is 26.4 Å². The number of aliphatic hydroxyl groups is 3. The first-order chi connectivity index (χ1) is 13.4. The molecule has 0 aliphatic heterocycles. The summed E-state index contributed by atoms with van der Waals surface area (Å²) in [5.41, 5.74) is 6.62. The first kappa shape index (κ1) is 20.6. The lowest BCUT2D eigenvalue weighted by Crippen LogP contribution is -2.23. The molecule has 2 heterocycles. The van der Waals surface area contributed by atoms with Crippen molar-refractivity contribution < 1.29 is 19.7 Å². The molecule has 3 rings (SSSR count). The van der Waals surface area contributed by atoms with E-state index in [0.717, 1.165) is 0 Å². The number of aromatic nitrogens is 3. The number of rotatable bonds is 8. The Morgan fingerprint density at radius 1 is 1.18 bits per heavy atom. The van der Waals surface area contributed by atoms with E-state index in [4.69, 9.17) is 27.5 Å². The third kappa shape index (κ3) is 4.65. The van der Waals surface area contributed by atoms with Crippen LogP contribution in [0.2, 0.25) is 5.15 Å². The van der Waals surface area contributed by atoms with Crippen LogP contribution >= 0.6 is 22.9 Å². The molecule has 1 aromatic carbocycles. The largest absolute Gasteiger partial charge is 0.396 e. The highest BCUT2D eigenvalue weighted by atomic mass is 35.5. The monoisotopic (exact) mass is 427 g/mol. The van der Waals surface area contributed by atoms with Gasteiger partial charge in [-0.25, -0.2) is 14.4 Å². The van der Waals surface area contributed by atoms with Crippen LogP contribution in [0.15, 0.2) is 18.2 Å². The molecule has 0 aliphatic rings. The van der Waals surface area contributed by atoms with Crippen LogP contribution in [0.3, 0.4) is 0 Å². The summed E-state index contributed by atoms with van der Waals surface area (Å²) < 4.78 is 14.1. The summed E-state index contributed by atoms with van der Waals surface area (Å²) in [6.07, 6.45) is -0.389. The van der Waals surface area contributed by atoms with Gasteiger partial charge in [0.1, 0.15) is 28.0 Å². The predicted molar refractivity (Wildman–Crippen MR) is 107 cm³/mol. The molecular weight excluding hydrogens is 409 g/mol. The molecule has 11 heteroatoms. The Balaban J connectivity index is 1.91. The van der Waals surface area contributed by atoms with Crippen LogP contribution < -0.4 is 11.1 Å². The van der Waals surface area contributed by atoms with E-state index in [1.165, 1.54) is 23.5 Å². The van der Waals surface area contributed by atoms with Gasteiger partial charge in [0.15, 0.2) is 0 Å². The molecule has 0 aliphatic carbocycles. The van der Waals surface area contributed by atoms with E-state index < -0.39 is 6.23 Å². The van der Waals surface area contributed by atoms with Crippen molar-refractivity contribution in [3.8, 4) is 10.6 Å². The number of nitrogen functional groups attached to an aromatic ring is 1. The molecule has 0 amide bonds. The lowest BCUT2D eigenvalue weighted by molar-refractivity contribution is 0.121. The van der Waals surface area contributed by atoms with Crippen molar-refractivity contribution >= 4 is 44.9 Å². The molecule has 0 bridgehead atoms. The topological polar surface area (TPSA) is 137 Å². The van der Waals surface area contributed by atoms with Gasteiger partial charge in [-0.3, -0.25) is 0 Å². The second-order valence-corrected chi connectivity index (χ2v) is 7.58. The summed E-state index contributed by atoms with van der Waals surface area (Å²) in [7, 11) is 0. The average molecular weight is 428 g/mol. The maximum atomic E-state index is 13.5. The minimum atomic E-state index is -1.03. The Bertz CT molecular complexity index is 969. The van der Waals surface area contributed by atoms with Crippen molar-refractivity contribution in [1.29, 1.82) is 0 Å². The molecule has 0 radical (unpaired) electrons. The summed E-state index contributed by atoms with van der Waals surface area (Å²) in [6, 6.07) is 4.24. The lowest BCUT2D eigenvalue weighted by atomic mass is 10.1. The Kier molecular flexibility index (Phi) is 6.57. The van der Waals surface area contributed by atoms with Crippen LogP contribution in [0.5, 0.6) is 0 Å². The number of aliphatic hydroxyl groups excluding tert-OH is 3. The number of thiazole rings is 1. The number of fused-ring (bicyclic) bond motifs is 1. The summed E-state index contributed by atoms with van der Waals surface area (Å²) in [5.74, 6) is -0.596. The standard InChI is InChI=1S/C17H19ClFN5O3S/c18-14-13(16-21-10-3-2-9(19)5-11(10)28-16)15(24-17(20)23-14)22-12(27)4-1-8(6-25)7-26/h2-3,5,8,12,25-27H,1,4,6-7H2,(H3,20,22,23,24). The van der Waals surface area contributed by atoms with Gasteiger partial charge in [0.2, 0.25) is 5.95 Å². The number of hydrogen-bond donors (Lipinski definition) is 5. The molecule has 0 spiro atoms. The van der Waals surface area contributed by atoms with E-state index in [9.17, 15) is 9.50 Å². The average Bonchev–Trinajstić information content (AvgIpc) is 3.04. The Morgan fingerprint density at radius 3 is 2.64 bits per heavy atom. The second kappa shape index (κ2) is 8.93. The zero-order chi connectivity index (χ0) is 20.3. The molecule has 150 valence electrons. The van der Waals surface area contributed by atoms with Crippen molar-refractivity contribution in [2.75, 3.05) is 24.3 Å². The maximum absolute atomic E-state index is 13.5. The van der Waals surface area contributed by atoms with Gasteiger partial charge >= 0.3 is 0 Å². The molecule has 1 atom stereocenters. The van der Waals surface area contributed by atoms with Gasteiger partial charge in [-0.2, -0.15) is 4.98 Å². The van der Waals surface area contributed by atoms with Crippen LogP contribution in [0.25, 0.3) is 20.8 Å². The number of benzene rings is 1. The minimum absolute atomic E-state index is 0.0466. The van der Waals surface area contributed by atoms with Gasteiger partial charge in [0, 0.05) is 19.1 Å². The molecule has 0 saturated heterocycles. The SMILES string of the molecule is Nc1nc(Cl)c(-c2nc3ccc(F)cc3s2)c(NC(O)CCC(CO)CO)n1. The van der Waals surface area contributed by atoms with E-state index >= 15 is 0 Å². The fraction of sp³-hybridized carbons (Fsp3) is 0.353. The van der Waals surface area contributed by atoms with Crippen LogP contribution in [-0.2, 0) is 0 Å². The number of nitrogens with zero attached hydrogens (tertiary/aromatic N) is 3. The Morgan fingerprint density at radius 2 is 1.93 bits per heavy atom. The number of hydrogen-bond acceptors (Lipinski definition) is 9. The molecule has 8 nitrogen and oxygen atoms in total. The van der Waals surface area contributed by atoms with Crippen molar-refractivity contribution in [1.82, 2.24) is 15.0 Å². The third-order valence-electron chi connectivity index (χ3n) is 4.11. The van der Waals surface area contributed by atoms with E-state index in [1.807, 2.05) is 0 Å². The highest BCUT2D eigenvalue weighted by Crippen LogP contribution is 2.38. The summed E-state index contributed by atoms with van der Waals surface area (Å²) in [5, 5.41) is 31.9. The predicted octanol–water partition coefficient (Wildman–Crippen LogP) is 2.24. The quantitative estimate of drug-likeness (QED) is 0.272. The zero-order valence-corrected chi connectivity index (χ0v) is 16.2. The van der Waals surface area contributed by atoms with Crippen LogP contribution in [0.4, 0.5) is 16.2 Å². The van der Waals surface area contributed by atoms with Crippen LogP contribution in [0, 0.1) is 11.7 Å². The first-order valence-electron chi connectivity index (χ1n) is 8.47. The number of nitrogens with two attached hydrogens (primary N) is 1. The summed E-state index contributed by atoms with van der Waals surface area (Å²) in [6.45, 7) is -0.355.